The maximum Gasteiger partial charge on any atom is 0.224 e. The number of anilines is 1. The van der Waals surface area contributed by atoms with Crippen LogP contribution in [0.5, 0.6) is 28.7 Å². The van der Waals surface area contributed by atoms with E-state index in [2.05, 4.69) is 10.6 Å². The van der Waals surface area contributed by atoms with Crippen molar-refractivity contribution in [2.75, 3.05) is 45.9 Å². The summed E-state index contributed by atoms with van der Waals surface area (Å²) < 4.78 is 27.7. The van der Waals surface area contributed by atoms with Gasteiger partial charge in [-0.3, -0.25) is 10.1 Å². The van der Waals surface area contributed by atoms with Crippen LogP contribution in [0, 0.1) is 0 Å². The Balaban J connectivity index is 1.52. The van der Waals surface area contributed by atoms with Gasteiger partial charge in [0.25, 0.3) is 0 Å². The van der Waals surface area contributed by atoms with Crippen molar-refractivity contribution in [1.29, 1.82) is 0 Å². The highest BCUT2D eigenvalue weighted by Crippen LogP contribution is 2.39. The number of hydrogen-bond acceptors (Lipinski definition) is 9. The summed E-state index contributed by atoms with van der Waals surface area (Å²) in [5.41, 5.74) is 1.35. The summed E-state index contributed by atoms with van der Waals surface area (Å²) in [6.45, 7) is 2.11. The van der Waals surface area contributed by atoms with Crippen LogP contribution in [-0.2, 0) is 11.2 Å². The SMILES string of the molecule is COc1ccc(OC(C)NCC(O)COc2ccc(OCCO)c3c2CCC(=O)N3)cc1OC. The molecule has 4 N–H and O–H groups in total. The number of fused-ring (bicyclic) bond motifs is 1. The van der Waals surface area contributed by atoms with Gasteiger partial charge in [-0.2, -0.15) is 0 Å². The molecule has 3 rings (SSSR count). The molecule has 0 radical (unpaired) electrons. The van der Waals surface area contributed by atoms with Crippen LogP contribution in [-0.4, -0.2) is 69.0 Å². The molecule has 0 saturated carbocycles. The van der Waals surface area contributed by atoms with Crippen molar-refractivity contribution in [3.8, 4) is 28.7 Å². The number of ether oxygens (including phenoxy) is 5. The van der Waals surface area contributed by atoms with Crippen molar-refractivity contribution in [2.45, 2.75) is 32.1 Å². The van der Waals surface area contributed by atoms with Crippen molar-refractivity contribution in [1.82, 2.24) is 5.32 Å². The molecule has 0 saturated heterocycles. The van der Waals surface area contributed by atoms with Gasteiger partial charge >= 0.3 is 0 Å². The van der Waals surface area contributed by atoms with Crippen LogP contribution in [0.4, 0.5) is 5.69 Å². The lowest BCUT2D eigenvalue weighted by Crippen LogP contribution is -2.39. The fourth-order valence-electron chi connectivity index (χ4n) is 3.53. The molecule has 1 heterocycles. The smallest absolute Gasteiger partial charge is 0.224 e. The van der Waals surface area contributed by atoms with Gasteiger partial charge in [0.05, 0.1) is 26.5 Å². The molecule has 186 valence electrons. The van der Waals surface area contributed by atoms with Crippen LogP contribution >= 0.6 is 0 Å². The zero-order valence-corrected chi connectivity index (χ0v) is 19.6. The Hall–Kier alpha value is -3.21. The number of hydrogen-bond donors (Lipinski definition) is 4. The van der Waals surface area contributed by atoms with Crippen molar-refractivity contribution in [2.24, 2.45) is 0 Å². The van der Waals surface area contributed by atoms with E-state index in [0.717, 1.165) is 5.56 Å². The average molecular weight is 477 g/mol. The number of aliphatic hydroxyl groups excluding tert-OH is 2. The van der Waals surface area contributed by atoms with Crippen LogP contribution in [0.2, 0.25) is 0 Å². The second kappa shape index (κ2) is 12.3. The van der Waals surface area contributed by atoms with E-state index < -0.39 is 6.10 Å². The van der Waals surface area contributed by atoms with Gasteiger partial charge < -0.3 is 39.2 Å². The first-order valence-corrected chi connectivity index (χ1v) is 11.1. The lowest BCUT2D eigenvalue weighted by atomic mass is 10.0. The normalized spacial score (nSPS) is 14.4. The van der Waals surface area contributed by atoms with Gasteiger partial charge in [-0.15, -0.1) is 0 Å². The number of aliphatic hydroxyl groups is 2. The summed E-state index contributed by atoms with van der Waals surface area (Å²) in [6.07, 6.45) is -0.339. The summed E-state index contributed by atoms with van der Waals surface area (Å²) >= 11 is 0. The number of carbonyl (C=O) groups is 1. The van der Waals surface area contributed by atoms with Crippen molar-refractivity contribution in [3.63, 3.8) is 0 Å². The molecule has 10 nitrogen and oxygen atoms in total. The summed E-state index contributed by atoms with van der Waals surface area (Å²) in [5, 5.41) is 25.3. The molecular formula is C24H32N2O8. The number of nitrogens with one attached hydrogen (secondary N) is 2. The number of carbonyl (C=O) groups excluding carboxylic acids is 1. The Labute approximate surface area is 198 Å². The van der Waals surface area contributed by atoms with Crippen LogP contribution < -0.4 is 34.3 Å². The predicted molar refractivity (Wildman–Crippen MR) is 125 cm³/mol. The second-order valence-electron chi connectivity index (χ2n) is 7.69. The third-order valence-electron chi connectivity index (χ3n) is 5.19. The Morgan fingerprint density at radius 1 is 1.03 bits per heavy atom. The van der Waals surface area contributed by atoms with Crippen LogP contribution in [0.3, 0.4) is 0 Å². The third-order valence-corrected chi connectivity index (χ3v) is 5.19. The van der Waals surface area contributed by atoms with Gasteiger partial charge in [0, 0.05) is 24.6 Å². The molecule has 10 heteroatoms. The van der Waals surface area contributed by atoms with Crippen LogP contribution in [0.1, 0.15) is 18.9 Å². The van der Waals surface area contributed by atoms with Crippen LogP contribution in [0.25, 0.3) is 0 Å². The first-order valence-electron chi connectivity index (χ1n) is 11.1. The molecule has 2 atom stereocenters. The van der Waals surface area contributed by atoms with Crippen molar-refractivity contribution in [3.05, 3.63) is 35.9 Å². The van der Waals surface area contributed by atoms with Gasteiger partial charge in [-0.1, -0.05) is 0 Å². The summed E-state index contributed by atoms with van der Waals surface area (Å²) in [6, 6.07) is 8.68. The maximum atomic E-state index is 11.8. The zero-order chi connectivity index (χ0) is 24.5. The van der Waals surface area contributed by atoms with E-state index in [1.54, 1.807) is 44.6 Å². The molecule has 0 fully saturated rings. The first kappa shape index (κ1) is 25.4. The Kier molecular flexibility index (Phi) is 9.20. The van der Waals surface area contributed by atoms with Gasteiger partial charge in [0.2, 0.25) is 5.91 Å². The maximum absolute atomic E-state index is 11.8. The standard InChI is InChI=1S/C24H32N2O8/c1-15(34-17-4-6-20(30-2)22(12-17)31-3)25-13-16(28)14-33-19-7-8-21(32-11-10-27)24-18(19)5-9-23(29)26-24/h4,6-8,12,15-16,25,27-28H,5,9-11,13-14H2,1-3H3,(H,26,29). The number of amides is 1. The summed E-state index contributed by atoms with van der Waals surface area (Å²) in [7, 11) is 3.12. The molecule has 0 bridgehead atoms. The largest absolute Gasteiger partial charge is 0.493 e. The number of rotatable bonds is 13. The summed E-state index contributed by atoms with van der Waals surface area (Å²) in [4.78, 5) is 11.8. The molecule has 0 aromatic heterocycles. The molecule has 2 aromatic carbocycles. The van der Waals surface area contributed by atoms with E-state index in [1.165, 1.54) is 0 Å². The molecule has 1 aliphatic heterocycles. The minimum atomic E-state index is -0.796. The minimum Gasteiger partial charge on any atom is -0.493 e. The lowest BCUT2D eigenvalue weighted by Gasteiger charge is -2.24. The fourth-order valence-corrected chi connectivity index (χ4v) is 3.53. The van der Waals surface area contributed by atoms with Gasteiger partial charge in [-0.25, -0.2) is 0 Å². The van der Waals surface area contributed by atoms with Crippen molar-refractivity contribution >= 4 is 11.6 Å². The van der Waals surface area contributed by atoms with Gasteiger partial charge in [0.1, 0.15) is 42.8 Å². The van der Waals surface area contributed by atoms with E-state index >= 15 is 0 Å². The molecule has 0 aliphatic carbocycles. The predicted octanol–water partition coefficient (Wildman–Crippen LogP) is 1.71. The van der Waals surface area contributed by atoms with E-state index in [9.17, 15) is 9.90 Å². The Morgan fingerprint density at radius 2 is 1.76 bits per heavy atom. The van der Waals surface area contributed by atoms with Crippen molar-refractivity contribution < 1.29 is 38.7 Å². The highest BCUT2D eigenvalue weighted by molar-refractivity contribution is 5.96. The highest BCUT2D eigenvalue weighted by atomic mass is 16.5. The number of methoxy groups -OCH3 is 2. The molecule has 2 unspecified atom stereocenters. The molecular weight excluding hydrogens is 444 g/mol. The van der Waals surface area contributed by atoms with E-state index in [0.29, 0.717) is 47.3 Å². The molecule has 2 aromatic rings. The topological polar surface area (TPSA) is 128 Å². The highest BCUT2D eigenvalue weighted by Gasteiger charge is 2.23. The fraction of sp³-hybridized carbons (Fsp3) is 0.458. The first-order chi connectivity index (χ1) is 16.4. The van der Waals surface area contributed by atoms with Crippen LogP contribution in [0.15, 0.2) is 30.3 Å². The molecule has 0 spiro atoms. The second-order valence-corrected chi connectivity index (χ2v) is 7.69. The minimum absolute atomic E-state index is 0.0489. The molecule has 1 aliphatic rings. The van der Waals surface area contributed by atoms with Gasteiger partial charge in [-0.05, 0) is 37.6 Å². The van der Waals surface area contributed by atoms with E-state index in [1.807, 2.05) is 6.92 Å². The summed E-state index contributed by atoms with van der Waals surface area (Å²) in [5.74, 6) is 2.71. The Bertz CT molecular complexity index is 968. The van der Waals surface area contributed by atoms with E-state index in [4.69, 9.17) is 28.8 Å². The third kappa shape index (κ3) is 6.66. The monoisotopic (exact) mass is 476 g/mol. The van der Waals surface area contributed by atoms with Gasteiger partial charge in [0.15, 0.2) is 11.5 Å². The molecule has 1 amide bonds. The Morgan fingerprint density at radius 3 is 2.50 bits per heavy atom. The molecule has 34 heavy (non-hydrogen) atoms. The number of benzene rings is 2. The lowest BCUT2D eigenvalue weighted by molar-refractivity contribution is -0.116. The van der Waals surface area contributed by atoms with E-state index in [-0.39, 0.29) is 38.5 Å². The zero-order valence-electron chi connectivity index (χ0n) is 19.6. The average Bonchev–Trinajstić information content (AvgIpc) is 2.84. The quantitative estimate of drug-likeness (QED) is 0.320.